The molecule has 0 spiro atoms. The molecule has 2 aromatic rings. The number of carbonyl (C=O) groups excluding carboxylic acids is 2. The van der Waals surface area contributed by atoms with Crippen LogP contribution in [0.25, 0.3) is 0 Å². The molecule has 0 aliphatic carbocycles. The summed E-state index contributed by atoms with van der Waals surface area (Å²) in [5.41, 5.74) is 2.61. The molecule has 0 saturated heterocycles. The fraction of sp³-hybridized carbons (Fsp3) is 0.360. The number of anilines is 1. The summed E-state index contributed by atoms with van der Waals surface area (Å²) >= 11 is 0. The summed E-state index contributed by atoms with van der Waals surface area (Å²) in [6.45, 7) is 8.21. The lowest BCUT2D eigenvalue weighted by Crippen LogP contribution is -2.31. The van der Waals surface area contributed by atoms with Crippen LogP contribution in [0.5, 0.6) is 11.5 Å². The zero-order chi connectivity index (χ0) is 22.3. The van der Waals surface area contributed by atoms with Gasteiger partial charge in [0.2, 0.25) is 6.79 Å². The maximum absolute atomic E-state index is 13.2. The molecule has 2 heterocycles. The Morgan fingerprint density at radius 2 is 1.74 bits per heavy atom. The minimum atomic E-state index is -0.708. The van der Waals surface area contributed by atoms with Crippen molar-refractivity contribution in [3.63, 3.8) is 0 Å². The maximum Gasteiger partial charge on any atom is 0.294 e. The highest BCUT2D eigenvalue weighted by atomic mass is 16.7. The molecule has 1 unspecified atom stereocenters. The molecule has 2 aliphatic heterocycles. The van der Waals surface area contributed by atoms with Gasteiger partial charge in [0.15, 0.2) is 23.0 Å². The van der Waals surface area contributed by atoms with Crippen LogP contribution in [0.2, 0.25) is 0 Å². The zero-order valence-electron chi connectivity index (χ0n) is 18.2. The molecule has 31 heavy (non-hydrogen) atoms. The summed E-state index contributed by atoms with van der Waals surface area (Å²) in [6, 6.07) is 12.3. The van der Waals surface area contributed by atoms with Crippen LogP contribution in [0.15, 0.2) is 53.8 Å². The van der Waals surface area contributed by atoms with Crippen molar-refractivity contribution in [2.24, 2.45) is 5.92 Å². The minimum Gasteiger partial charge on any atom is -0.503 e. The molecule has 0 fully saturated rings. The molecule has 0 bridgehead atoms. The molecule has 2 aliphatic rings. The van der Waals surface area contributed by atoms with E-state index in [1.807, 2.05) is 38.1 Å². The SMILES string of the molecule is CC(C)CC(=O)C1=C(O)C(=O)N(c2ccc3c(c2)OCO3)C1c1ccc(C(C)C)cc1. The first-order valence-electron chi connectivity index (χ1n) is 10.6. The van der Waals surface area contributed by atoms with E-state index < -0.39 is 17.7 Å². The summed E-state index contributed by atoms with van der Waals surface area (Å²) in [7, 11) is 0. The highest BCUT2D eigenvalue weighted by Crippen LogP contribution is 2.44. The van der Waals surface area contributed by atoms with Crippen molar-refractivity contribution in [1.82, 2.24) is 0 Å². The van der Waals surface area contributed by atoms with Crippen LogP contribution in [0.3, 0.4) is 0 Å². The van der Waals surface area contributed by atoms with Crippen LogP contribution in [-0.2, 0) is 9.59 Å². The van der Waals surface area contributed by atoms with E-state index in [9.17, 15) is 14.7 Å². The average molecular weight is 421 g/mol. The number of benzene rings is 2. The minimum absolute atomic E-state index is 0.103. The van der Waals surface area contributed by atoms with E-state index in [0.29, 0.717) is 23.1 Å². The van der Waals surface area contributed by atoms with Gasteiger partial charge >= 0.3 is 0 Å². The Hall–Kier alpha value is -3.28. The molecule has 1 atom stereocenters. The Bertz CT molecular complexity index is 1050. The summed E-state index contributed by atoms with van der Waals surface area (Å²) in [5, 5.41) is 10.8. The van der Waals surface area contributed by atoms with Crippen LogP contribution in [0.4, 0.5) is 5.69 Å². The predicted molar refractivity (Wildman–Crippen MR) is 117 cm³/mol. The lowest BCUT2D eigenvalue weighted by Gasteiger charge is -2.27. The number of ether oxygens (including phenoxy) is 2. The van der Waals surface area contributed by atoms with Crippen molar-refractivity contribution in [1.29, 1.82) is 0 Å². The fourth-order valence-corrected chi connectivity index (χ4v) is 4.05. The number of hydrogen-bond acceptors (Lipinski definition) is 5. The summed E-state index contributed by atoms with van der Waals surface area (Å²) in [4.78, 5) is 27.7. The van der Waals surface area contributed by atoms with Crippen molar-refractivity contribution in [3.8, 4) is 11.5 Å². The second kappa shape index (κ2) is 8.10. The van der Waals surface area contributed by atoms with Crippen molar-refractivity contribution >= 4 is 17.4 Å². The van der Waals surface area contributed by atoms with E-state index in [1.54, 1.807) is 18.2 Å². The first kappa shape index (κ1) is 21.0. The van der Waals surface area contributed by atoms with Crippen LogP contribution in [-0.4, -0.2) is 23.6 Å². The first-order chi connectivity index (χ1) is 14.8. The number of ketones is 1. The second-order valence-corrected chi connectivity index (χ2v) is 8.72. The normalized spacial score (nSPS) is 17.9. The van der Waals surface area contributed by atoms with Crippen LogP contribution in [0.1, 0.15) is 57.2 Å². The maximum atomic E-state index is 13.2. The molecular weight excluding hydrogens is 394 g/mol. The number of rotatable bonds is 6. The quantitative estimate of drug-likeness (QED) is 0.706. The van der Waals surface area contributed by atoms with Gasteiger partial charge in [0.1, 0.15) is 0 Å². The summed E-state index contributed by atoms with van der Waals surface area (Å²) < 4.78 is 10.8. The Labute approximate surface area is 182 Å². The van der Waals surface area contributed by atoms with Gasteiger partial charge in [-0.1, -0.05) is 52.0 Å². The van der Waals surface area contributed by atoms with Gasteiger partial charge in [-0.2, -0.15) is 0 Å². The number of hydrogen-bond donors (Lipinski definition) is 1. The van der Waals surface area contributed by atoms with Crippen molar-refractivity contribution in [3.05, 3.63) is 64.9 Å². The predicted octanol–water partition coefficient (Wildman–Crippen LogP) is 5.05. The van der Waals surface area contributed by atoms with Crippen LogP contribution < -0.4 is 14.4 Å². The molecule has 2 aromatic carbocycles. The summed E-state index contributed by atoms with van der Waals surface area (Å²) in [6.07, 6.45) is 0.252. The van der Waals surface area contributed by atoms with E-state index in [2.05, 4.69) is 13.8 Å². The Morgan fingerprint density at radius 3 is 2.39 bits per heavy atom. The molecular formula is C25H27NO5. The number of carbonyl (C=O) groups is 2. The van der Waals surface area contributed by atoms with E-state index in [4.69, 9.17) is 9.47 Å². The van der Waals surface area contributed by atoms with Gasteiger partial charge in [0.25, 0.3) is 5.91 Å². The molecule has 6 nitrogen and oxygen atoms in total. The molecule has 1 N–H and O–H groups in total. The van der Waals surface area contributed by atoms with E-state index in [-0.39, 0.29) is 30.5 Å². The van der Waals surface area contributed by atoms with Gasteiger partial charge in [-0.05, 0) is 35.1 Å². The molecule has 4 rings (SSSR count). The van der Waals surface area contributed by atoms with E-state index >= 15 is 0 Å². The Balaban J connectivity index is 1.81. The Kier molecular flexibility index (Phi) is 5.48. The number of Topliss-reactive ketones (excluding diaryl/α,β-unsaturated/α-hetero) is 1. The fourth-order valence-electron chi connectivity index (χ4n) is 4.05. The third kappa shape index (κ3) is 3.78. The first-order valence-corrected chi connectivity index (χ1v) is 10.6. The van der Waals surface area contributed by atoms with Gasteiger partial charge in [0.05, 0.1) is 11.6 Å². The van der Waals surface area contributed by atoms with Gasteiger partial charge in [-0.3, -0.25) is 14.5 Å². The second-order valence-electron chi connectivity index (χ2n) is 8.72. The van der Waals surface area contributed by atoms with Gasteiger partial charge < -0.3 is 14.6 Å². The number of fused-ring (bicyclic) bond motifs is 1. The Morgan fingerprint density at radius 1 is 1.06 bits per heavy atom. The summed E-state index contributed by atoms with van der Waals surface area (Å²) in [5.74, 6) is 0.288. The number of nitrogens with zero attached hydrogens (tertiary/aromatic N) is 1. The van der Waals surface area contributed by atoms with Crippen molar-refractivity contribution in [2.45, 2.75) is 46.1 Å². The third-order valence-corrected chi connectivity index (χ3v) is 5.66. The van der Waals surface area contributed by atoms with Crippen molar-refractivity contribution < 1.29 is 24.2 Å². The largest absolute Gasteiger partial charge is 0.503 e. The standard InChI is InChI=1S/C25H27NO5/c1-14(2)11-19(27)22-23(17-7-5-16(6-8-17)15(3)4)26(25(29)24(22)28)18-9-10-20-21(12-18)31-13-30-20/h5-10,12,14-15,23,28H,11,13H2,1-4H3. The molecule has 6 heteroatoms. The molecule has 1 amide bonds. The topological polar surface area (TPSA) is 76.1 Å². The number of amides is 1. The van der Waals surface area contributed by atoms with Gasteiger partial charge in [0, 0.05) is 18.2 Å². The highest BCUT2D eigenvalue weighted by molar-refractivity contribution is 6.16. The average Bonchev–Trinajstić information content (AvgIpc) is 3.29. The third-order valence-electron chi connectivity index (χ3n) is 5.66. The van der Waals surface area contributed by atoms with Crippen LogP contribution in [0, 0.1) is 5.92 Å². The van der Waals surface area contributed by atoms with Gasteiger partial charge in [-0.15, -0.1) is 0 Å². The van der Waals surface area contributed by atoms with Crippen LogP contribution >= 0.6 is 0 Å². The molecule has 162 valence electrons. The lowest BCUT2D eigenvalue weighted by molar-refractivity contribution is -0.118. The molecule has 0 saturated carbocycles. The lowest BCUT2D eigenvalue weighted by atomic mass is 9.90. The number of aliphatic hydroxyl groups is 1. The monoisotopic (exact) mass is 421 g/mol. The molecule has 0 radical (unpaired) electrons. The highest BCUT2D eigenvalue weighted by Gasteiger charge is 2.44. The van der Waals surface area contributed by atoms with Gasteiger partial charge in [-0.25, -0.2) is 0 Å². The zero-order valence-corrected chi connectivity index (χ0v) is 18.2. The molecule has 0 aromatic heterocycles. The van der Waals surface area contributed by atoms with E-state index in [0.717, 1.165) is 11.1 Å². The van der Waals surface area contributed by atoms with Crippen molar-refractivity contribution in [2.75, 3.05) is 11.7 Å². The van der Waals surface area contributed by atoms with E-state index in [1.165, 1.54) is 4.90 Å². The number of aliphatic hydroxyl groups excluding tert-OH is 1. The smallest absolute Gasteiger partial charge is 0.294 e.